The van der Waals surface area contributed by atoms with E-state index >= 15 is 0 Å². The first-order valence-corrected chi connectivity index (χ1v) is 8.27. The van der Waals surface area contributed by atoms with E-state index in [2.05, 4.69) is 10.3 Å². The van der Waals surface area contributed by atoms with Gasteiger partial charge in [0, 0.05) is 18.9 Å². The fraction of sp³-hybridized carbons (Fsp3) is 0.286. The van der Waals surface area contributed by atoms with Crippen molar-refractivity contribution in [3.63, 3.8) is 0 Å². The molecule has 2 rings (SSSR count). The molecule has 0 saturated carbocycles. The van der Waals surface area contributed by atoms with Gasteiger partial charge in [-0.25, -0.2) is 18.5 Å². The zero-order valence-corrected chi connectivity index (χ0v) is 13.0. The van der Waals surface area contributed by atoms with Crippen LogP contribution in [0.25, 0.3) is 0 Å². The van der Waals surface area contributed by atoms with Crippen LogP contribution < -0.4 is 10.5 Å². The number of nitrogens with one attached hydrogen (secondary N) is 1. The molecule has 3 N–H and O–H groups in total. The number of imidazole rings is 1. The van der Waals surface area contributed by atoms with Crippen LogP contribution in [0.1, 0.15) is 11.4 Å². The van der Waals surface area contributed by atoms with Crippen LogP contribution in [-0.2, 0) is 27.8 Å². The summed E-state index contributed by atoms with van der Waals surface area (Å²) in [6.07, 6.45) is 4.01. The highest BCUT2D eigenvalue weighted by molar-refractivity contribution is 7.89. The largest absolute Gasteiger partial charge is 0.354 e. The Morgan fingerprint density at radius 3 is 2.55 bits per heavy atom. The number of aryl methyl sites for hydroxylation is 1. The molecule has 118 valence electrons. The summed E-state index contributed by atoms with van der Waals surface area (Å²) in [6.45, 7) is 2.54. The molecule has 0 bridgehead atoms. The van der Waals surface area contributed by atoms with Crippen molar-refractivity contribution in [2.24, 2.45) is 5.14 Å². The van der Waals surface area contributed by atoms with Crippen LogP contribution in [0.4, 0.5) is 0 Å². The number of primary sulfonamides is 1. The molecule has 0 aliphatic carbocycles. The highest BCUT2D eigenvalue weighted by Gasteiger charge is 2.07. The third-order valence-electron chi connectivity index (χ3n) is 3.23. The Balaban J connectivity index is 1.81. The van der Waals surface area contributed by atoms with Crippen LogP contribution in [0.2, 0.25) is 0 Å². The van der Waals surface area contributed by atoms with Gasteiger partial charge in [-0.15, -0.1) is 0 Å². The SMILES string of the molecule is Cc1nccn1CC(=O)NCCc1ccc(S(N)(=O)=O)cc1. The van der Waals surface area contributed by atoms with Gasteiger partial charge in [-0.2, -0.15) is 0 Å². The molecule has 0 fully saturated rings. The van der Waals surface area contributed by atoms with Crippen LogP contribution in [0, 0.1) is 6.92 Å². The van der Waals surface area contributed by atoms with Crippen molar-refractivity contribution >= 4 is 15.9 Å². The van der Waals surface area contributed by atoms with E-state index in [9.17, 15) is 13.2 Å². The highest BCUT2D eigenvalue weighted by atomic mass is 32.2. The zero-order chi connectivity index (χ0) is 16.2. The second kappa shape index (κ2) is 6.71. The van der Waals surface area contributed by atoms with Gasteiger partial charge < -0.3 is 9.88 Å². The summed E-state index contributed by atoms with van der Waals surface area (Å²) in [7, 11) is -3.67. The van der Waals surface area contributed by atoms with Crippen molar-refractivity contribution in [2.45, 2.75) is 24.8 Å². The Morgan fingerprint density at radius 1 is 1.32 bits per heavy atom. The minimum absolute atomic E-state index is 0.0795. The van der Waals surface area contributed by atoms with Gasteiger partial charge in [0.05, 0.1) is 4.90 Å². The number of hydrogen-bond donors (Lipinski definition) is 2. The maximum atomic E-state index is 11.8. The molecule has 0 saturated heterocycles. The average molecular weight is 322 g/mol. The minimum atomic E-state index is -3.67. The minimum Gasteiger partial charge on any atom is -0.354 e. The lowest BCUT2D eigenvalue weighted by atomic mass is 10.1. The van der Waals surface area contributed by atoms with Gasteiger partial charge in [0.1, 0.15) is 12.4 Å². The first-order valence-electron chi connectivity index (χ1n) is 6.72. The summed E-state index contributed by atoms with van der Waals surface area (Å²) in [6, 6.07) is 6.29. The monoisotopic (exact) mass is 322 g/mol. The molecule has 1 aromatic heterocycles. The van der Waals surface area contributed by atoms with Crippen molar-refractivity contribution in [3.8, 4) is 0 Å². The lowest BCUT2D eigenvalue weighted by molar-refractivity contribution is -0.121. The van der Waals surface area contributed by atoms with Crippen LogP contribution in [0.5, 0.6) is 0 Å². The molecule has 1 aromatic carbocycles. The van der Waals surface area contributed by atoms with Crippen molar-refractivity contribution in [3.05, 3.63) is 48.0 Å². The van der Waals surface area contributed by atoms with E-state index in [0.717, 1.165) is 11.4 Å². The molecule has 0 spiro atoms. The van der Waals surface area contributed by atoms with E-state index < -0.39 is 10.0 Å². The molecule has 1 heterocycles. The number of sulfonamides is 1. The quantitative estimate of drug-likeness (QED) is 0.792. The molecule has 0 aliphatic heterocycles. The second-order valence-corrected chi connectivity index (χ2v) is 6.45. The first-order chi connectivity index (χ1) is 10.4. The van der Waals surface area contributed by atoms with Gasteiger partial charge in [-0.1, -0.05) is 12.1 Å². The summed E-state index contributed by atoms with van der Waals surface area (Å²) in [5.74, 6) is 0.691. The molecule has 22 heavy (non-hydrogen) atoms. The number of carbonyl (C=O) groups excluding carboxylic acids is 1. The van der Waals surface area contributed by atoms with Crippen molar-refractivity contribution < 1.29 is 13.2 Å². The molecule has 8 heteroatoms. The van der Waals surface area contributed by atoms with Crippen molar-refractivity contribution in [1.29, 1.82) is 0 Å². The Morgan fingerprint density at radius 2 is 2.00 bits per heavy atom. The molecule has 7 nitrogen and oxygen atoms in total. The summed E-state index contributed by atoms with van der Waals surface area (Å²) in [5, 5.41) is 7.84. The maximum absolute atomic E-state index is 11.8. The van der Waals surface area contributed by atoms with Gasteiger partial charge in [-0.05, 0) is 31.0 Å². The molecular formula is C14H18N4O3S. The van der Waals surface area contributed by atoms with Gasteiger partial charge in [-0.3, -0.25) is 4.79 Å². The second-order valence-electron chi connectivity index (χ2n) is 4.89. The van der Waals surface area contributed by atoms with E-state index in [0.29, 0.717) is 13.0 Å². The van der Waals surface area contributed by atoms with Gasteiger partial charge in [0.25, 0.3) is 0 Å². The van der Waals surface area contributed by atoms with Gasteiger partial charge in [0.2, 0.25) is 15.9 Å². The normalized spacial score (nSPS) is 11.4. The number of amides is 1. The van der Waals surface area contributed by atoms with E-state index in [1.165, 1.54) is 12.1 Å². The lowest BCUT2D eigenvalue weighted by Crippen LogP contribution is -2.29. The van der Waals surface area contributed by atoms with Crippen LogP contribution >= 0.6 is 0 Å². The number of aromatic nitrogens is 2. The van der Waals surface area contributed by atoms with Crippen molar-refractivity contribution in [2.75, 3.05) is 6.54 Å². The Kier molecular flexibility index (Phi) is 4.94. The number of carbonyl (C=O) groups is 1. The van der Waals surface area contributed by atoms with Gasteiger partial charge >= 0.3 is 0 Å². The third-order valence-corrected chi connectivity index (χ3v) is 4.15. The van der Waals surface area contributed by atoms with E-state index in [4.69, 9.17) is 5.14 Å². The Hall–Kier alpha value is -2.19. The number of benzene rings is 1. The molecule has 0 aliphatic rings. The topological polar surface area (TPSA) is 107 Å². The third kappa shape index (κ3) is 4.40. The van der Waals surface area contributed by atoms with Gasteiger partial charge in [0.15, 0.2) is 0 Å². The standard InChI is InChI=1S/C14H18N4O3S/c1-11-16-8-9-18(11)10-14(19)17-7-6-12-2-4-13(5-3-12)22(15,20)21/h2-5,8-9H,6-7,10H2,1H3,(H,17,19)(H2,15,20,21). The summed E-state index contributed by atoms with van der Waals surface area (Å²) in [5.41, 5.74) is 0.923. The fourth-order valence-corrected chi connectivity index (χ4v) is 2.49. The van der Waals surface area contributed by atoms with E-state index in [-0.39, 0.29) is 17.3 Å². The van der Waals surface area contributed by atoms with Crippen LogP contribution in [0.15, 0.2) is 41.6 Å². The molecule has 0 atom stereocenters. The predicted molar refractivity (Wildman–Crippen MR) is 81.5 cm³/mol. The van der Waals surface area contributed by atoms with Crippen LogP contribution in [0.3, 0.4) is 0 Å². The zero-order valence-electron chi connectivity index (χ0n) is 12.2. The van der Waals surface area contributed by atoms with Crippen molar-refractivity contribution in [1.82, 2.24) is 14.9 Å². The number of rotatable bonds is 6. The van der Waals surface area contributed by atoms with E-state index in [1.54, 1.807) is 29.1 Å². The number of nitrogens with two attached hydrogens (primary N) is 1. The van der Waals surface area contributed by atoms with E-state index in [1.807, 2.05) is 6.92 Å². The summed E-state index contributed by atoms with van der Waals surface area (Å²) < 4.78 is 24.0. The lowest BCUT2D eigenvalue weighted by Gasteiger charge is -2.07. The summed E-state index contributed by atoms with van der Waals surface area (Å²) >= 11 is 0. The fourth-order valence-electron chi connectivity index (χ4n) is 1.97. The first kappa shape index (κ1) is 16.2. The molecular weight excluding hydrogens is 304 g/mol. The predicted octanol–water partition coefficient (Wildman–Crippen LogP) is 0.198. The molecule has 2 aromatic rings. The molecule has 0 radical (unpaired) electrons. The smallest absolute Gasteiger partial charge is 0.239 e. The highest BCUT2D eigenvalue weighted by Crippen LogP contribution is 2.08. The average Bonchev–Trinajstić information content (AvgIpc) is 2.84. The number of hydrogen-bond acceptors (Lipinski definition) is 4. The maximum Gasteiger partial charge on any atom is 0.239 e. The Labute approximate surface area is 129 Å². The molecule has 1 amide bonds. The molecule has 0 unspecified atom stereocenters. The Bertz CT molecular complexity index is 751. The summed E-state index contributed by atoms with van der Waals surface area (Å²) in [4.78, 5) is 15.9. The number of nitrogens with zero attached hydrogens (tertiary/aromatic N) is 2. The van der Waals surface area contributed by atoms with Crippen LogP contribution in [-0.4, -0.2) is 30.4 Å².